The minimum absolute atomic E-state index is 0.376. The van der Waals surface area contributed by atoms with Gasteiger partial charge in [-0.1, -0.05) is 33.4 Å². The molecule has 4 aliphatic rings. The highest BCUT2D eigenvalue weighted by molar-refractivity contribution is 7.59. The zero-order valence-corrected chi connectivity index (χ0v) is 10.2. The second kappa shape index (κ2) is 2.29. The second-order valence-electron chi connectivity index (χ2n) is 6.11. The Morgan fingerprint density at radius 3 is 2.71 bits per heavy atom. The summed E-state index contributed by atoms with van der Waals surface area (Å²) in [5, 5.41) is 0. The average Bonchev–Trinajstić information content (AvgIpc) is 2.99. The van der Waals surface area contributed by atoms with Gasteiger partial charge < -0.3 is 0 Å². The molecule has 0 aromatic heterocycles. The van der Waals surface area contributed by atoms with Crippen LogP contribution in [0.5, 0.6) is 0 Å². The normalized spacial score (nSPS) is 67.8. The van der Waals surface area contributed by atoms with Gasteiger partial charge in [0.15, 0.2) is 0 Å². The van der Waals surface area contributed by atoms with Crippen molar-refractivity contribution in [2.24, 2.45) is 29.6 Å². The summed E-state index contributed by atoms with van der Waals surface area (Å²) in [5.74, 6) is 5.33. The van der Waals surface area contributed by atoms with Crippen molar-refractivity contribution in [3.63, 3.8) is 0 Å². The third-order valence-electron chi connectivity index (χ3n) is 5.28. The SMILES string of the molecule is CC1CC1C1C2=CC3C(C)C3P(C)C21. The van der Waals surface area contributed by atoms with Crippen molar-refractivity contribution in [2.45, 2.75) is 31.6 Å². The van der Waals surface area contributed by atoms with Gasteiger partial charge in [-0.25, -0.2) is 0 Å². The van der Waals surface area contributed by atoms with Crippen LogP contribution in [0, 0.1) is 29.6 Å². The summed E-state index contributed by atoms with van der Waals surface area (Å²) in [4.78, 5) is 0. The van der Waals surface area contributed by atoms with Gasteiger partial charge in [-0.05, 0) is 48.3 Å². The van der Waals surface area contributed by atoms with Crippen LogP contribution in [0.3, 0.4) is 0 Å². The molecule has 0 amide bonds. The maximum Gasteiger partial charge on any atom is 0.00727 e. The third-order valence-corrected chi connectivity index (χ3v) is 8.54. The number of fused-ring (bicyclic) bond motifs is 2. The highest BCUT2D eigenvalue weighted by Gasteiger charge is 2.65. The lowest BCUT2D eigenvalue weighted by Gasteiger charge is -2.12. The van der Waals surface area contributed by atoms with E-state index in [1.807, 2.05) is 5.57 Å². The van der Waals surface area contributed by atoms with Gasteiger partial charge in [-0.2, -0.15) is 0 Å². The average molecular weight is 206 g/mol. The van der Waals surface area contributed by atoms with Crippen molar-refractivity contribution in [3.05, 3.63) is 11.6 Å². The van der Waals surface area contributed by atoms with Crippen LogP contribution in [0.25, 0.3) is 0 Å². The lowest BCUT2D eigenvalue weighted by Crippen LogP contribution is -1.97. The fraction of sp³-hybridized carbons (Fsp3) is 0.846. The molecule has 1 aliphatic heterocycles. The Balaban J connectivity index is 1.61. The van der Waals surface area contributed by atoms with Crippen LogP contribution in [-0.2, 0) is 0 Å². The summed E-state index contributed by atoms with van der Waals surface area (Å²) < 4.78 is 0. The first-order valence-electron chi connectivity index (χ1n) is 6.13. The molecule has 8 unspecified atom stereocenters. The highest BCUT2D eigenvalue weighted by atomic mass is 31.1. The second-order valence-corrected chi connectivity index (χ2v) is 8.59. The minimum Gasteiger partial charge on any atom is -0.0979 e. The fourth-order valence-corrected chi connectivity index (χ4v) is 7.75. The largest absolute Gasteiger partial charge is 0.0979 e. The predicted octanol–water partition coefficient (Wildman–Crippen LogP) is 3.33. The summed E-state index contributed by atoms with van der Waals surface area (Å²) in [7, 11) is 0.376. The van der Waals surface area contributed by atoms with E-state index >= 15 is 0 Å². The van der Waals surface area contributed by atoms with E-state index in [0.717, 1.165) is 40.9 Å². The van der Waals surface area contributed by atoms with Crippen molar-refractivity contribution in [1.29, 1.82) is 0 Å². The van der Waals surface area contributed by atoms with Gasteiger partial charge in [0.05, 0.1) is 0 Å². The molecule has 8 atom stereocenters. The maximum atomic E-state index is 2.69. The molecule has 0 aromatic rings. The molecule has 0 radical (unpaired) electrons. The molecular formula is C13H19P. The van der Waals surface area contributed by atoms with E-state index in [4.69, 9.17) is 0 Å². The first-order chi connectivity index (χ1) is 6.70. The molecule has 14 heavy (non-hydrogen) atoms. The van der Waals surface area contributed by atoms with E-state index in [1.54, 1.807) is 0 Å². The van der Waals surface area contributed by atoms with Gasteiger partial charge >= 0.3 is 0 Å². The van der Waals surface area contributed by atoms with Crippen LogP contribution in [0.15, 0.2) is 11.6 Å². The fourth-order valence-electron chi connectivity index (χ4n) is 4.09. The predicted molar refractivity (Wildman–Crippen MR) is 61.9 cm³/mol. The van der Waals surface area contributed by atoms with Crippen molar-refractivity contribution in [3.8, 4) is 0 Å². The molecule has 0 bridgehead atoms. The van der Waals surface area contributed by atoms with E-state index in [9.17, 15) is 0 Å². The lowest BCUT2D eigenvalue weighted by atomic mass is 10.2. The van der Waals surface area contributed by atoms with E-state index in [0.29, 0.717) is 7.92 Å². The minimum atomic E-state index is 0.376. The molecule has 4 rings (SSSR count). The molecule has 1 heterocycles. The van der Waals surface area contributed by atoms with Gasteiger partial charge in [0.1, 0.15) is 0 Å². The van der Waals surface area contributed by atoms with E-state index in [1.165, 1.54) is 6.42 Å². The Hall–Kier alpha value is 0.170. The topological polar surface area (TPSA) is 0 Å². The molecule has 1 heteroatoms. The summed E-state index contributed by atoms with van der Waals surface area (Å²) in [6, 6.07) is 0. The zero-order chi connectivity index (χ0) is 9.61. The van der Waals surface area contributed by atoms with Crippen molar-refractivity contribution in [1.82, 2.24) is 0 Å². The van der Waals surface area contributed by atoms with Crippen molar-refractivity contribution < 1.29 is 0 Å². The molecule has 3 fully saturated rings. The molecule has 0 nitrogen and oxygen atoms in total. The number of hydrogen-bond acceptors (Lipinski definition) is 0. The standard InChI is InChI=1S/C13H19P/c1-6-4-8(6)11-10-5-9-7(2)12(9)14(3)13(10)11/h5-9,11-13H,4H2,1-3H3. The Bertz CT molecular complexity index is 332. The monoisotopic (exact) mass is 206 g/mol. The van der Waals surface area contributed by atoms with Crippen molar-refractivity contribution >= 4 is 7.92 Å². The lowest BCUT2D eigenvalue weighted by molar-refractivity contribution is 0.678. The van der Waals surface area contributed by atoms with Crippen LogP contribution >= 0.6 is 7.92 Å². The summed E-state index contributed by atoms with van der Waals surface area (Å²) in [6.45, 7) is 7.49. The van der Waals surface area contributed by atoms with E-state index < -0.39 is 0 Å². The molecule has 0 aromatic carbocycles. The maximum absolute atomic E-state index is 2.69. The summed E-state index contributed by atoms with van der Waals surface area (Å²) >= 11 is 0. The Morgan fingerprint density at radius 1 is 1.36 bits per heavy atom. The zero-order valence-electron chi connectivity index (χ0n) is 9.27. The van der Waals surface area contributed by atoms with Crippen LogP contribution in [0.1, 0.15) is 20.3 Å². The van der Waals surface area contributed by atoms with Crippen molar-refractivity contribution in [2.75, 3.05) is 6.66 Å². The quantitative estimate of drug-likeness (QED) is 0.456. The first kappa shape index (κ1) is 8.34. The molecule has 76 valence electrons. The molecular weight excluding hydrogens is 187 g/mol. The molecule has 3 aliphatic carbocycles. The van der Waals surface area contributed by atoms with Crippen LogP contribution < -0.4 is 0 Å². The summed E-state index contributed by atoms with van der Waals surface area (Å²) in [5.41, 5.74) is 4.16. The van der Waals surface area contributed by atoms with E-state index in [2.05, 4.69) is 26.6 Å². The Kier molecular flexibility index (Phi) is 1.37. The van der Waals surface area contributed by atoms with Crippen LogP contribution in [0.2, 0.25) is 0 Å². The van der Waals surface area contributed by atoms with Gasteiger partial charge in [0, 0.05) is 5.66 Å². The van der Waals surface area contributed by atoms with Crippen LogP contribution in [-0.4, -0.2) is 18.0 Å². The van der Waals surface area contributed by atoms with Gasteiger partial charge in [0.25, 0.3) is 0 Å². The van der Waals surface area contributed by atoms with Gasteiger partial charge in [-0.3, -0.25) is 0 Å². The summed E-state index contributed by atoms with van der Waals surface area (Å²) in [6.07, 6.45) is 4.23. The molecule has 0 N–H and O–H groups in total. The molecule has 3 saturated carbocycles. The van der Waals surface area contributed by atoms with Crippen LogP contribution in [0.4, 0.5) is 0 Å². The van der Waals surface area contributed by atoms with E-state index in [-0.39, 0.29) is 0 Å². The van der Waals surface area contributed by atoms with Gasteiger partial charge in [0.2, 0.25) is 0 Å². The third kappa shape index (κ3) is 0.854. The Morgan fingerprint density at radius 2 is 2.07 bits per heavy atom. The molecule has 0 saturated heterocycles. The number of allylic oxidation sites excluding steroid dienone is 2. The number of hydrogen-bond donors (Lipinski definition) is 0. The Labute approximate surface area is 87.9 Å². The molecule has 0 spiro atoms. The van der Waals surface area contributed by atoms with Gasteiger partial charge in [-0.15, -0.1) is 0 Å². The highest BCUT2D eigenvalue weighted by Crippen LogP contribution is 2.78. The smallest absolute Gasteiger partial charge is 0.00727 e. The number of rotatable bonds is 1. The first-order valence-corrected chi connectivity index (χ1v) is 8.06.